The minimum atomic E-state index is -0.371. The van der Waals surface area contributed by atoms with E-state index in [0.29, 0.717) is 23.7 Å². The SMILES string of the molecule is CC(O)CCN(C)C(=O)CSc1ccc(Cl)cc1. The molecule has 0 aliphatic carbocycles. The maximum absolute atomic E-state index is 11.8. The van der Waals surface area contributed by atoms with E-state index in [-0.39, 0.29) is 12.0 Å². The minimum absolute atomic E-state index is 0.0654. The van der Waals surface area contributed by atoms with Crippen LogP contribution in [0, 0.1) is 0 Å². The Morgan fingerprint density at radius 1 is 1.44 bits per heavy atom. The number of halogens is 1. The predicted molar refractivity (Wildman–Crippen MR) is 76.1 cm³/mol. The van der Waals surface area contributed by atoms with Gasteiger partial charge in [-0.1, -0.05) is 11.6 Å². The number of aliphatic hydroxyl groups is 1. The van der Waals surface area contributed by atoms with Gasteiger partial charge in [0.05, 0.1) is 11.9 Å². The van der Waals surface area contributed by atoms with Gasteiger partial charge in [-0.05, 0) is 37.6 Å². The molecule has 0 aliphatic rings. The highest BCUT2D eigenvalue weighted by Crippen LogP contribution is 2.20. The first-order valence-corrected chi connectivity index (χ1v) is 7.16. The standard InChI is InChI=1S/C13H18ClNO2S/c1-10(16)7-8-15(2)13(17)9-18-12-5-3-11(14)4-6-12/h3-6,10,16H,7-9H2,1-2H3. The number of thioether (sulfide) groups is 1. The highest BCUT2D eigenvalue weighted by atomic mass is 35.5. The molecule has 0 spiro atoms. The number of carbonyl (C=O) groups excluding carboxylic acids is 1. The quantitative estimate of drug-likeness (QED) is 0.818. The fourth-order valence-electron chi connectivity index (χ4n) is 1.29. The molecule has 0 saturated carbocycles. The first-order valence-electron chi connectivity index (χ1n) is 5.79. The maximum atomic E-state index is 11.8. The van der Waals surface area contributed by atoms with Crippen LogP contribution in [0.5, 0.6) is 0 Å². The van der Waals surface area contributed by atoms with Crippen LogP contribution < -0.4 is 0 Å². The van der Waals surface area contributed by atoms with E-state index in [1.807, 2.05) is 24.3 Å². The second-order valence-corrected chi connectivity index (χ2v) is 5.68. The summed E-state index contributed by atoms with van der Waals surface area (Å²) >= 11 is 7.28. The van der Waals surface area contributed by atoms with E-state index in [9.17, 15) is 4.79 Å². The van der Waals surface area contributed by atoms with E-state index < -0.39 is 0 Å². The first kappa shape index (κ1) is 15.3. The van der Waals surface area contributed by atoms with Crippen molar-refractivity contribution in [2.45, 2.75) is 24.3 Å². The lowest BCUT2D eigenvalue weighted by Gasteiger charge is -2.17. The van der Waals surface area contributed by atoms with Crippen LogP contribution in [0.25, 0.3) is 0 Å². The molecular formula is C13H18ClNO2S. The topological polar surface area (TPSA) is 40.5 Å². The van der Waals surface area contributed by atoms with E-state index in [0.717, 1.165) is 4.90 Å². The molecule has 1 N–H and O–H groups in total. The molecule has 0 heterocycles. The van der Waals surface area contributed by atoms with Gasteiger partial charge in [-0.15, -0.1) is 11.8 Å². The molecule has 0 radical (unpaired) electrons. The van der Waals surface area contributed by atoms with Crippen LogP contribution in [0.15, 0.2) is 29.2 Å². The summed E-state index contributed by atoms with van der Waals surface area (Å²) in [6.45, 7) is 2.30. The van der Waals surface area contributed by atoms with Crippen molar-refractivity contribution < 1.29 is 9.90 Å². The highest BCUT2D eigenvalue weighted by Gasteiger charge is 2.10. The summed E-state index contributed by atoms with van der Waals surface area (Å²) in [7, 11) is 1.76. The number of rotatable bonds is 6. The Balaban J connectivity index is 2.34. The second kappa shape index (κ2) is 7.67. The van der Waals surface area contributed by atoms with Crippen LogP contribution in [0.1, 0.15) is 13.3 Å². The molecule has 1 aromatic carbocycles. The average molecular weight is 288 g/mol. The average Bonchev–Trinajstić information content (AvgIpc) is 2.34. The molecule has 0 aliphatic heterocycles. The number of benzene rings is 1. The van der Waals surface area contributed by atoms with Crippen LogP contribution in [0.2, 0.25) is 5.02 Å². The molecule has 0 aromatic heterocycles. The summed E-state index contributed by atoms with van der Waals surface area (Å²) in [5.74, 6) is 0.466. The predicted octanol–water partition coefficient (Wildman–Crippen LogP) is 2.66. The zero-order chi connectivity index (χ0) is 13.5. The number of carbonyl (C=O) groups is 1. The van der Waals surface area contributed by atoms with Crippen LogP contribution in [-0.2, 0) is 4.79 Å². The summed E-state index contributed by atoms with van der Waals surface area (Å²) in [6.07, 6.45) is 0.234. The first-order chi connectivity index (χ1) is 8.49. The van der Waals surface area contributed by atoms with E-state index in [1.54, 1.807) is 18.9 Å². The Morgan fingerprint density at radius 2 is 2.06 bits per heavy atom. The van der Waals surface area contributed by atoms with Gasteiger partial charge in [-0.2, -0.15) is 0 Å². The smallest absolute Gasteiger partial charge is 0.232 e. The summed E-state index contributed by atoms with van der Waals surface area (Å²) in [5, 5.41) is 9.86. The van der Waals surface area contributed by atoms with Gasteiger partial charge in [0.2, 0.25) is 5.91 Å². The van der Waals surface area contributed by atoms with Gasteiger partial charge in [0.25, 0.3) is 0 Å². The van der Waals surface area contributed by atoms with Crippen molar-refractivity contribution >= 4 is 29.3 Å². The van der Waals surface area contributed by atoms with Crippen molar-refractivity contribution in [2.24, 2.45) is 0 Å². The van der Waals surface area contributed by atoms with Crippen molar-refractivity contribution in [2.75, 3.05) is 19.3 Å². The highest BCUT2D eigenvalue weighted by molar-refractivity contribution is 8.00. The van der Waals surface area contributed by atoms with Crippen LogP contribution in [0.3, 0.4) is 0 Å². The van der Waals surface area contributed by atoms with E-state index in [1.165, 1.54) is 11.8 Å². The monoisotopic (exact) mass is 287 g/mol. The Bertz CT molecular complexity index is 381. The van der Waals surface area contributed by atoms with Gasteiger partial charge in [-0.3, -0.25) is 4.79 Å². The molecule has 0 fully saturated rings. The fourth-order valence-corrected chi connectivity index (χ4v) is 2.26. The summed E-state index contributed by atoms with van der Waals surface area (Å²) in [4.78, 5) is 14.5. The Kier molecular flexibility index (Phi) is 6.54. The zero-order valence-corrected chi connectivity index (χ0v) is 12.2. The molecule has 0 bridgehead atoms. The second-order valence-electron chi connectivity index (χ2n) is 4.20. The van der Waals surface area contributed by atoms with E-state index in [2.05, 4.69) is 0 Å². The largest absolute Gasteiger partial charge is 0.393 e. The van der Waals surface area contributed by atoms with Crippen molar-refractivity contribution in [3.05, 3.63) is 29.3 Å². The lowest BCUT2D eigenvalue weighted by Crippen LogP contribution is -2.30. The van der Waals surface area contributed by atoms with E-state index >= 15 is 0 Å². The van der Waals surface area contributed by atoms with Crippen molar-refractivity contribution in [1.82, 2.24) is 4.90 Å². The Hall–Kier alpha value is -0.710. The molecule has 3 nitrogen and oxygen atoms in total. The van der Waals surface area contributed by atoms with Crippen LogP contribution in [-0.4, -0.2) is 41.4 Å². The molecule has 5 heteroatoms. The number of nitrogens with zero attached hydrogens (tertiary/aromatic N) is 1. The molecule has 1 aromatic rings. The third-order valence-corrected chi connectivity index (χ3v) is 3.73. The van der Waals surface area contributed by atoms with E-state index in [4.69, 9.17) is 16.7 Å². The third-order valence-electron chi connectivity index (χ3n) is 2.48. The van der Waals surface area contributed by atoms with Gasteiger partial charge >= 0.3 is 0 Å². The van der Waals surface area contributed by atoms with Crippen LogP contribution >= 0.6 is 23.4 Å². The lowest BCUT2D eigenvalue weighted by molar-refractivity contribution is -0.127. The van der Waals surface area contributed by atoms with Gasteiger partial charge in [-0.25, -0.2) is 0 Å². The number of aliphatic hydroxyl groups excluding tert-OH is 1. The maximum Gasteiger partial charge on any atom is 0.232 e. The normalized spacial score (nSPS) is 12.2. The molecule has 1 amide bonds. The molecule has 1 rings (SSSR count). The molecule has 100 valence electrons. The Morgan fingerprint density at radius 3 is 2.61 bits per heavy atom. The molecule has 1 atom stereocenters. The van der Waals surface area contributed by atoms with Gasteiger partial charge < -0.3 is 10.0 Å². The zero-order valence-electron chi connectivity index (χ0n) is 10.6. The number of hydrogen-bond acceptors (Lipinski definition) is 3. The van der Waals surface area contributed by atoms with Gasteiger partial charge in [0, 0.05) is 23.5 Å². The van der Waals surface area contributed by atoms with Crippen molar-refractivity contribution in [3.63, 3.8) is 0 Å². The van der Waals surface area contributed by atoms with Crippen molar-refractivity contribution in [3.8, 4) is 0 Å². The molecule has 18 heavy (non-hydrogen) atoms. The summed E-state index contributed by atoms with van der Waals surface area (Å²) in [5.41, 5.74) is 0. The van der Waals surface area contributed by atoms with Crippen molar-refractivity contribution in [1.29, 1.82) is 0 Å². The summed E-state index contributed by atoms with van der Waals surface area (Å²) in [6, 6.07) is 7.42. The molecule has 1 unspecified atom stereocenters. The third kappa shape index (κ3) is 5.76. The number of amides is 1. The van der Waals surface area contributed by atoms with Gasteiger partial charge in [0.1, 0.15) is 0 Å². The minimum Gasteiger partial charge on any atom is -0.393 e. The lowest BCUT2D eigenvalue weighted by atomic mass is 10.3. The Labute approximate surface area is 117 Å². The van der Waals surface area contributed by atoms with Gasteiger partial charge in [0.15, 0.2) is 0 Å². The number of hydrogen-bond donors (Lipinski definition) is 1. The molecule has 0 saturated heterocycles. The van der Waals surface area contributed by atoms with Crippen LogP contribution in [0.4, 0.5) is 0 Å². The molecular weight excluding hydrogens is 270 g/mol. The summed E-state index contributed by atoms with van der Waals surface area (Å²) < 4.78 is 0. The fraction of sp³-hybridized carbons (Fsp3) is 0.462.